The second-order valence-electron chi connectivity index (χ2n) is 14.5. The van der Waals surface area contributed by atoms with Gasteiger partial charge >= 0.3 is 6.09 Å². The third-order valence-electron chi connectivity index (χ3n) is 10.5. The maximum Gasteiger partial charge on any atom is 0.414 e. The minimum absolute atomic E-state index is 0.00903. The number of pyridine rings is 1. The number of aliphatic hydroxyl groups is 1. The van der Waals surface area contributed by atoms with Gasteiger partial charge in [0, 0.05) is 30.6 Å². The summed E-state index contributed by atoms with van der Waals surface area (Å²) in [7, 11) is 0. The number of aromatic hydroxyl groups is 1. The summed E-state index contributed by atoms with van der Waals surface area (Å²) in [5.74, 6) is 1.20. The van der Waals surface area contributed by atoms with E-state index in [4.69, 9.17) is 9.47 Å². The summed E-state index contributed by atoms with van der Waals surface area (Å²) >= 11 is 0. The van der Waals surface area contributed by atoms with Crippen LogP contribution in [0.2, 0.25) is 0 Å². The zero-order valence-electron chi connectivity index (χ0n) is 30.4. The molecule has 1 aromatic heterocycles. The topological polar surface area (TPSA) is 127 Å². The van der Waals surface area contributed by atoms with Gasteiger partial charge < -0.3 is 30.0 Å². The number of carbonyl (C=O) groups is 1. The van der Waals surface area contributed by atoms with Crippen LogP contribution in [0.3, 0.4) is 0 Å². The van der Waals surface area contributed by atoms with Crippen LogP contribution in [-0.4, -0.2) is 71.6 Å². The molecule has 278 valence electrons. The van der Waals surface area contributed by atoms with Crippen molar-refractivity contribution < 1.29 is 24.5 Å². The summed E-state index contributed by atoms with van der Waals surface area (Å²) in [4.78, 5) is 32.1. The van der Waals surface area contributed by atoms with Crippen LogP contribution < -0.4 is 20.5 Å². The van der Waals surface area contributed by atoms with E-state index < -0.39 is 6.10 Å². The van der Waals surface area contributed by atoms with E-state index in [9.17, 15) is 19.8 Å². The Morgan fingerprint density at radius 1 is 0.962 bits per heavy atom. The lowest BCUT2D eigenvalue weighted by molar-refractivity contribution is -0.0311. The molecule has 0 spiro atoms. The number of H-pyrrole nitrogens is 1. The molecule has 3 saturated heterocycles. The Labute approximate surface area is 306 Å². The van der Waals surface area contributed by atoms with Gasteiger partial charge in [-0.2, -0.15) is 0 Å². The zero-order valence-corrected chi connectivity index (χ0v) is 30.4. The van der Waals surface area contributed by atoms with Crippen LogP contribution in [-0.2, 0) is 11.3 Å². The SMILES string of the molecule is Cc1cccc(CN(C(=O)O[C@H]2CN3CCC2CC3)c2cccc(OCCCCCCCCCNC[C@H](O)c3ccc(O)c4[nH]c(=O)ccc34)c2)c1. The Morgan fingerprint density at radius 3 is 2.50 bits per heavy atom. The second kappa shape index (κ2) is 18.4. The number of ether oxygens (including phenoxy) is 2. The number of phenolic OH excluding ortho intramolecular Hbond substituents is 1. The van der Waals surface area contributed by atoms with Crippen LogP contribution in [0.15, 0.2) is 77.6 Å². The third kappa shape index (κ3) is 10.1. The van der Waals surface area contributed by atoms with Crippen molar-refractivity contribution in [1.82, 2.24) is 15.2 Å². The number of fused-ring (bicyclic) bond motifs is 4. The Kier molecular flexibility index (Phi) is 13.2. The number of hydrogen-bond acceptors (Lipinski definition) is 8. The largest absolute Gasteiger partial charge is 0.506 e. The molecule has 0 aliphatic carbocycles. The molecule has 0 saturated carbocycles. The molecular formula is C42H54N4O6. The van der Waals surface area contributed by atoms with Gasteiger partial charge in [0.25, 0.3) is 0 Å². The van der Waals surface area contributed by atoms with Crippen molar-refractivity contribution in [2.24, 2.45) is 5.92 Å². The molecular weight excluding hydrogens is 656 g/mol. The average molecular weight is 711 g/mol. The Hall–Kier alpha value is -4.38. The number of aliphatic hydroxyl groups excluding tert-OH is 1. The van der Waals surface area contributed by atoms with E-state index in [0.29, 0.717) is 42.1 Å². The molecule has 0 unspecified atom stereocenters. The number of rotatable bonds is 18. The van der Waals surface area contributed by atoms with Crippen LogP contribution >= 0.6 is 0 Å². The minimum atomic E-state index is -0.743. The lowest BCUT2D eigenvalue weighted by Crippen LogP contribution is -2.53. The zero-order chi connectivity index (χ0) is 36.3. The summed E-state index contributed by atoms with van der Waals surface area (Å²) in [6, 6.07) is 22.3. The monoisotopic (exact) mass is 710 g/mol. The van der Waals surface area contributed by atoms with Crippen LogP contribution in [0.1, 0.15) is 80.6 Å². The average Bonchev–Trinajstić information content (AvgIpc) is 3.15. The number of piperidine rings is 3. The Balaban J connectivity index is 0.881. The number of aryl methyl sites for hydroxylation is 1. The van der Waals surface area contributed by atoms with Crippen molar-refractivity contribution in [2.45, 2.75) is 83.5 Å². The highest BCUT2D eigenvalue weighted by Crippen LogP contribution is 2.32. The standard InChI is InChI=1S/C42H54N4O6/c1-30-11-9-12-31(25-30)28-46(42(50)52-39-29-45-22-19-32(39)20-23-45)33-13-10-14-34(26-33)51-24-8-6-4-2-3-5-7-21-43-27-38(48)35-15-17-37(47)41-36(35)16-18-40(49)44-41/h9-18,25-26,32,38-39,43,47-48H,2-8,19-24,27-29H2,1H3,(H,44,49)/t38-,39-/m0/s1. The quantitative estimate of drug-likeness (QED) is 0.0799. The highest BCUT2D eigenvalue weighted by atomic mass is 16.6. The summed E-state index contributed by atoms with van der Waals surface area (Å²) in [5.41, 5.74) is 3.73. The number of unbranched alkanes of at least 4 members (excludes halogenated alkanes) is 6. The molecule has 52 heavy (non-hydrogen) atoms. The molecule has 3 fully saturated rings. The fourth-order valence-corrected chi connectivity index (χ4v) is 7.56. The maximum absolute atomic E-state index is 13.7. The van der Waals surface area contributed by atoms with Crippen LogP contribution in [0.4, 0.5) is 10.5 Å². The van der Waals surface area contributed by atoms with Gasteiger partial charge in [0.05, 0.1) is 30.5 Å². The lowest BCUT2D eigenvalue weighted by Gasteiger charge is -2.44. The van der Waals surface area contributed by atoms with Gasteiger partial charge in [0.15, 0.2) is 0 Å². The van der Waals surface area contributed by atoms with E-state index in [1.807, 2.05) is 30.3 Å². The number of nitrogens with zero attached hydrogens (tertiary/aromatic N) is 2. The smallest absolute Gasteiger partial charge is 0.414 e. The molecule has 2 bridgehead atoms. The van der Waals surface area contributed by atoms with Gasteiger partial charge in [-0.15, -0.1) is 0 Å². The first-order valence-corrected chi connectivity index (χ1v) is 19.1. The van der Waals surface area contributed by atoms with Crippen molar-refractivity contribution in [3.05, 3.63) is 99.8 Å². The van der Waals surface area contributed by atoms with Gasteiger partial charge in [-0.25, -0.2) is 4.79 Å². The Bertz CT molecular complexity index is 1820. The molecule has 10 nitrogen and oxygen atoms in total. The number of nitrogens with one attached hydrogen (secondary N) is 2. The van der Waals surface area contributed by atoms with Gasteiger partial charge in [-0.05, 0) is 93.6 Å². The van der Waals surface area contributed by atoms with E-state index in [2.05, 4.69) is 40.3 Å². The molecule has 3 aliphatic rings. The molecule has 10 heteroatoms. The number of hydrogen-bond donors (Lipinski definition) is 4. The maximum atomic E-state index is 13.7. The van der Waals surface area contributed by atoms with Crippen LogP contribution in [0.5, 0.6) is 11.5 Å². The predicted molar refractivity (Wildman–Crippen MR) is 205 cm³/mol. The van der Waals surface area contributed by atoms with Gasteiger partial charge in [-0.1, -0.05) is 74.1 Å². The molecule has 2 atom stereocenters. The molecule has 3 aromatic carbocycles. The summed E-state index contributed by atoms with van der Waals surface area (Å²) < 4.78 is 12.3. The molecule has 3 aliphatic heterocycles. The fourth-order valence-electron chi connectivity index (χ4n) is 7.56. The number of amides is 1. The second-order valence-corrected chi connectivity index (χ2v) is 14.5. The molecule has 4 N–H and O–H groups in total. The first kappa shape index (κ1) is 37.4. The van der Waals surface area contributed by atoms with E-state index in [1.165, 1.54) is 18.6 Å². The highest BCUT2D eigenvalue weighted by molar-refractivity contribution is 5.88. The molecule has 7 rings (SSSR count). The number of benzene rings is 3. The third-order valence-corrected chi connectivity index (χ3v) is 10.5. The molecule has 1 amide bonds. The van der Waals surface area contributed by atoms with E-state index in [-0.39, 0.29) is 23.5 Å². The minimum Gasteiger partial charge on any atom is -0.506 e. The number of aromatic amines is 1. The van der Waals surface area contributed by atoms with Crippen LogP contribution in [0.25, 0.3) is 10.9 Å². The number of phenols is 1. The number of aromatic nitrogens is 1. The molecule has 4 aromatic rings. The van der Waals surface area contributed by atoms with Crippen LogP contribution in [0, 0.1) is 12.8 Å². The van der Waals surface area contributed by atoms with E-state index in [0.717, 1.165) is 100 Å². The van der Waals surface area contributed by atoms with Crippen molar-refractivity contribution in [1.29, 1.82) is 0 Å². The van der Waals surface area contributed by atoms with Gasteiger partial charge in [-0.3, -0.25) is 14.6 Å². The Morgan fingerprint density at radius 2 is 1.73 bits per heavy atom. The first-order valence-electron chi connectivity index (χ1n) is 19.1. The van der Waals surface area contributed by atoms with Crippen molar-refractivity contribution in [3.8, 4) is 11.5 Å². The van der Waals surface area contributed by atoms with Gasteiger partial charge in [0.2, 0.25) is 5.56 Å². The highest BCUT2D eigenvalue weighted by Gasteiger charge is 2.37. The normalized spacial score (nSPS) is 18.7. The predicted octanol–water partition coefficient (Wildman–Crippen LogP) is 7.21. The first-order chi connectivity index (χ1) is 25.3. The molecule has 4 heterocycles. The molecule has 0 radical (unpaired) electrons. The van der Waals surface area contributed by atoms with Crippen molar-refractivity contribution >= 4 is 22.7 Å². The van der Waals surface area contributed by atoms with E-state index >= 15 is 0 Å². The fraction of sp³-hybridized carbons (Fsp3) is 0.476. The van der Waals surface area contributed by atoms with E-state index in [1.54, 1.807) is 17.0 Å². The number of carbonyl (C=O) groups excluding carboxylic acids is 1. The summed E-state index contributed by atoms with van der Waals surface area (Å²) in [6.07, 6.45) is 8.80. The summed E-state index contributed by atoms with van der Waals surface area (Å²) in [5, 5.41) is 24.8. The van der Waals surface area contributed by atoms with Crippen molar-refractivity contribution in [2.75, 3.05) is 44.2 Å². The van der Waals surface area contributed by atoms with Crippen molar-refractivity contribution in [3.63, 3.8) is 0 Å². The number of anilines is 1. The van der Waals surface area contributed by atoms with Gasteiger partial charge in [0.1, 0.15) is 17.6 Å². The lowest BCUT2D eigenvalue weighted by atomic mass is 9.86. The summed E-state index contributed by atoms with van der Waals surface area (Å²) in [6.45, 7) is 7.38.